The highest BCUT2D eigenvalue weighted by atomic mass is 32.1. The van der Waals surface area contributed by atoms with Crippen LogP contribution in [0.25, 0.3) is 0 Å². The Hall–Kier alpha value is -1.12. The van der Waals surface area contributed by atoms with Crippen LogP contribution >= 0.6 is 11.3 Å². The molecule has 2 aromatic rings. The zero-order valence-electron chi connectivity index (χ0n) is 10.8. The number of fused-ring (bicyclic) bond motifs is 1. The number of thiophene rings is 1. The summed E-state index contributed by atoms with van der Waals surface area (Å²) in [6, 6.07) is 12.5. The highest BCUT2D eigenvalue weighted by Crippen LogP contribution is 2.46. The molecule has 0 radical (unpaired) electrons. The van der Waals surface area contributed by atoms with E-state index in [2.05, 4.69) is 44.2 Å². The van der Waals surface area contributed by atoms with Crippen LogP contribution in [0.3, 0.4) is 0 Å². The third-order valence-corrected chi connectivity index (χ3v) is 5.18. The highest BCUT2D eigenvalue weighted by Gasteiger charge is 2.39. The van der Waals surface area contributed by atoms with Crippen LogP contribution in [0.5, 0.6) is 0 Å². The van der Waals surface area contributed by atoms with Gasteiger partial charge in [-0.1, -0.05) is 31.2 Å². The molecule has 2 unspecified atom stereocenters. The number of hydrogen-bond acceptors (Lipinski definition) is 2. The molecular weight excluding hydrogens is 240 g/mol. The van der Waals surface area contributed by atoms with Crippen molar-refractivity contribution in [2.45, 2.75) is 38.2 Å². The maximum atomic E-state index is 11.1. The summed E-state index contributed by atoms with van der Waals surface area (Å²) in [4.78, 5) is 2.34. The lowest BCUT2D eigenvalue weighted by Crippen LogP contribution is -2.32. The molecule has 1 nitrogen and oxygen atoms in total. The second-order valence-corrected chi connectivity index (χ2v) is 6.59. The molecule has 0 fully saturated rings. The predicted molar refractivity (Wildman–Crippen MR) is 76.1 cm³/mol. The van der Waals surface area contributed by atoms with Crippen LogP contribution in [-0.4, -0.2) is 5.11 Å². The summed E-state index contributed by atoms with van der Waals surface area (Å²) in [7, 11) is 0. The standard InChI is InChI=1S/C16H18OS/c1-11-9-10-16(17,15-8-7-12(2)18-15)14-6-4-3-5-13(11)14/h3-8,11,17H,9-10H2,1-2H3. The first-order chi connectivity index (χ1) is 8.61. The van der Waals surface area contributed by atoms with Crippen molar-refractivity contribution in [1.82, 2.24) is 0 Å². The SMILES string of the molecule is Cc1ccc(C2(O)CCC(C)c3ccccc32)s1. The Balaban J connectivity index is 2.17. The van der Waals surface area contributed by atoms with Crippen molar-refractivity contribution in [3.05, 3.63) is 57.3 Å². The fourth-order valence-corrected chi connectivity index (χ4v) is 3.93. The second-order valence-electron chi connectivity index (χ2n) is 5.30. The van der Waals surface area contributed by atoms with Crippen molar-refractivity contribution in [1.29, 1.82) is 0 Å². The van der Waals surface area contributed by atoms with Crippen LogP contribution in [0.1, 0.15) is 46.6 Å². The van der Waals surface area contributed by atoms with E-state index in [0.717, 1.165) is 23.3 Å². The third kappa shape index (κ3) is 1.72. The lowest BCUT2D eigenvalue weighted by Gasteiger charge is -2.36. The number of hydrogen-bond donors (Lipinski definition) is 1. The maximum absolute atomic E-state index is 11.1. The van der Waals surface area contributed by atoms with Crippen LogP contribution in [0, 0.1) is 6.92 Å². The molecule has 0 bridgehead atoms. The molecule has 2 heteroatoms. The van der Waals surface area contributed by atoms with Crippen LogP contribution in [0.15, 0.2) is 36.4 Å². The summed E-state index contributed by atoms with van der Waals surface area (Å²) < 4.78 is 0. The number of rotatable bonds is 1. The molecule has 2 atom stereocenters. The summed E-state index contributed by atoms with van der Waals surface area (Å²) in [6.45, 7) is 4.34. The first-order valence-electron chi connectivity index (χ1n) is 6.50. The van der Waals surface area contributed by atoms with Gasteiger partial charge < -0.3 is 5.11 Å². The van der Waals surface area contributed by atoms with Gasteiger partial charge in [-0.3, -0.25) is 0 Å². The van der Waals surface area contributed by atoms with E-state index in [9.17, 15) is 5.11 Å². The summed E-state index contributed by atoms with van der Waals surface area (Å²) in [5.74, 6) is 0.544. The smallest absolute Gasteiger partial charge is 0.124 e. The van der Waals surface area contributed by atoms with E-state index in [0.29, 0.717) is 5.92 Å². The Kier molecular flexibility index (Phi) is 2.80. The first kappa shape index (κ1) is 11.9. The predicted octanol–water partition coefficient (Wildman–Crippen LogP) is 4.19. The quantitative estimate of drug-likeness (QED) is 0.813. The van der Waals surface area contributed by atoms with Crippen molar-refractivity contribution >= 4 is 11.3 Å². The van der Waals surface area contributed by atoms with Gasteiger partial charge in [0.15, 0.2) is 0 Å². The van der Waals surface area contributed by atoms with Crippen molar-refractivity contribution in [3.63, 3.8) is 0 Å². The Morgan fingerprint density at radius 1 is 1.22 bits per heavy atom. The lowest BCUT2D eigenvalue weighted by molar-refractivity contribution is 0.0616. The van der Waals surface area contributed by atoms with Crippen molar-refractivity contribution in [2.24, 2.45) is 0 Å². The summed E-state index contributed by atoms with van der Waals surface area (Å²) in [6.07, 6.45) is 1.87. The van der Waals surface area contributed by atoms with Gasteiger partial charge in [-0.2, -0.15) is 0 Å². The Morgan fingerprint density at radius 3 is 2.72 bits per heavy atom. The van der Waals surface area contributed by atoms with Gasteiger partial charge in [0.25, 0.3) is 0 Å². The maximum Gasteiger partial charge on any atom is 0.124 e. The molecule has 3 rings (SSSR count). The van der Waals surface area contributed by atoms with Crippen molar-refractivity contribution in [2.75, 3.05) is 0 Å². The summed E-state index contributed by atoms with van der Waals surface area (Å²) in [5, 5.41) is 11.1. The molecule has 1 aliphatic carbocycles. The zero-order chi connectivity index (χ0) is 12.8. The Labute approximate surface area is 112 Å². The highest BCUT2D eigenvalue weighted by molar-refractivity contribution is 7.12. The van der Waals surface area contributed by atoms with E-state index in [1.54, 1.807) is 11.3 Å². The average Bonchev–Trinajstić information content (AvgIpc) is 2.82. The minimum absolute atomic E-state index is 0.544. The van der Waals surface area contributed by atoms with Crippen LogP contribution < -0.4 is 0 Å². The summed E-state index contributed by atoms with van der Waals surface area (Å²) in [5.41, 5.74) is 1.63. The van der Waals surface area contributed by atoms with Gasteiger partial charge in [0.2, 0.25) is 0 Å². The van der Waals surface area contributed by atoms with E-state index in [-0.39, 0.29) is 0 Å². The number of aryl methyl sites for hydroxylation is 1. The van der Waals surface area contributed by atoms with Crippen LogP contribution in [0.2, 0.25) is 0 Å². The van der Waals surface area contributed by atoms with Crippen molar-refractivity contribution in [3.8, 4) is 0 Å². The third-order valence-electron chi connectivity index (χ3n) is 4.02. The van der Waals surface area contributed by atoms with Gasteiger partial charge in [-0.25, -0.2) is 0 Å². The number of aliphatic hydroxyl groups is 1. The van der Waals surface area contributed by atoms with Gasteiger partial charge in [0.05, 0.1) is 0 Å². The van der Waals surface area contributed by atoms with E-state index >= 15 is 0 Å². The van der Waals surface area contributed by atoms with Crippen LogP contribution in [-0.2, 0) is 5.60 Å². The van der Waals surface area contributed by atoms with E-state index in [1.165, 1.54) is 10.4 Å². The van der Waals surface area contributed by atoms with E-state index < -0.39 is 5.60 Å². The molecule has 1 aliphatic rings. The molecule has 0 amide bonds. The van der Waals surface area contributed by atoms with Gasteiger partial charge in [-0.15, -0.1) is 11.3 Å². The minimum atomic E-state index is -0.776. The topological polar surface area (TPSA) is 20.2 Å². The largest absolute Gasteiger partial charge is 0.380 e. The van der Waals surface area contributed by atoms with Gasteiger partial charge in [-0.05, 0) is 48.9 Å². The molecule has 1 N–H and O–H groups in total. The Bertz CT molecular complexity index is 572. The molecular formula is C16H18OS. The van der Waals surface area contributed by atoms with E-state index in [4.69, 9.17) is 0 Å². The molecule has 1 heterocycles. The fourth-order valence-electron chi connectivity index (χ4n) is 2.93. The minimum Gasteiger partial charge on any atom is -0.380 e. The average molecular weight is 258 g/mol. The van der Waals surface area contributed by atoms with Crippen LogP contribution in [0.4, 0.5) is 0 Å². The van der Waals surface area contributed by atoms with E-state index in [1.807, 2.05) is 6.07 Å². The number of benzene rings is 1. The molecule has 94 valence electrons. The Morgan fingerprint density at radius 2 is 2.00 bits per heavy atom. The molecule has 0 saturated carbocycles. The molecule has 18 heavy (non-hydrogen) atoms. The monoisotopic (exact) mass is 258 g/mol. The van der Waals surface area contributed by atoms with Gasteiger partial charge >= 0.3 is 0 Å². The molecule has 0 aliphatic heterocycles. The van der Waals surface area contributed by atoms with Gasteiger partial charge in [0.1, 0.15) is 5.60 Å². The summed E-state index contributed by atoms with van der Waals surface area (Å²) >= 11 is 1.71. The zero-order valence-corrected chi connectivity index (χ0v) is 11.6. The molecule has 1 aromatic carbocycles. The lowest BCUT2D eigenvalue weighted by atomic mass is 9.74. The first-order valence-corrected chi connectivity index (χ1v) is 7.31. The fraction of sp³-hybridized carbons (Fsp3) is 0.375. The normalized spacial score (nSPS) is 26.9. The molecule has 0 saturated heterocycles. The van der Waals surface area contributed by atoms with Gasteiger partial charge in [0, 0.05) is 9.75 Å². The second kappa shape index (κ2) is 4.22. The van der Waals surface area contributed by atoms with Crippen molar-refractivity contribution < 1.29 is 5.11 Å². The molecule has 1 aromatic heterocycles. The molecule has 0 spiro atoms.